The van der Waals surface area contributed by atoms with Gasteiger partial charge in [-0.3, -0.25) is 4.79 Å². The van der Waals surface area contributed by atoms with Gasteiger partial charge in [0.1, 0.15) is 5.75 Å². The molecule has 0 spiro atoms. The lowest BCUT2D eigenvalue weighted by atomic mass is 10.1. The Kier molecular flexibility index (Phi) is 3.99. The second-order valence-corrected chi connectivity index (χ2v) is 4.34. The Hall–Kier alpha value is -1.20. The van der Waals surface area contributed by atoms with Crippen molar-refractivity contribution in [3.8, 4) is 5.75 Å². The first-order valence-corrected chi connectivity index (χ1v) is 5.55. The third kappa shape index (κ3) is 3.45. The van der Waals surface area contributed by atoms with Gasteiger partial charge in [0.2, 0.25) is 0 Å². The SMILES string of the molecule is CC(=O)Oc1ccc(C(C)S(=O)O)cc1. The van der Waals surface area contributed by atoms with E-state index >= 15 is 0 Å². The molecule has 0 aliphatic rings. The van der Waals surface area contributed by atoms with Crippen molar-refractivity contribution >= 4 is 17.0 Å². The third-order valence-electron chi connectivity index (χ3n) is 1.91. The van der Waals surface area contributed by atoms with E-state index in [1.54, 1.807) is 31.2 Å². The maximum atomic E-state index is 10.8. The van der Waals surface area contributed by atoms with Gasteiger partial charge in [-0.25, -0.2) is 4.21 Å². The predicted octanol–water partition coefficient (Wildman–Crippen LogP) is 1.89. The molecule has 4 nitrogen and oxygen atoms in total. The van der Waals surface area contributed by atoms with Crippen LogP contribution in [0.2, 0.25) is 0 Å². The summed E-state index contributed by atoms with van der Waals surface area (Å²) in [7, 11) is 0. The second-order valence-electron chi connectivity index (χ2n) is 3.08. The first-order valence-electron chi connectivity index (χ1n) is 4.38. The summed E-state index contributed by atoms with van der Waals surface area (Å²) < 4.78 is 24.5. The van der Waals surface area contributed by atoms with Crippen molar-refractivity contribution in [2.75, 3.05) is 0 Å². The van der Waals surface area contributed by atoms with Gasteiger partial charge in [0.05, 0.1) is 5.25 Å². The zero-order valence-corrected chi connectivity index (χ0v) is 9.28. The zero-order valence-electron chi connectivity index (χ0n) is 8.47. The molecule has 0 saturated carbocycles. The summed E-state index contributed by atoms with van der Waals surface area (Å²) in [4.78, 5) is 10.6. The van der Waals surface area contributed by atoms with Gasteiger partial charge >= 0.3 is 5.97 Å². The molecule has 1 N–H and O–H groups in total. The monoisotopic (exact) mass is 228 g/mol. The quantitative estimate of drug-likeness (QED) is 0.487. The molecule has 0 radical (unpaired) electrons. The second kappa shape index (κ2) is 5.04. The molecule has 0 amide bonds. The number of ether oxygens (including phenoxy) is 1. The van der Waals surface area contributed by atoms with E-state index < -0.39 is 16.3 Å². The molecule has 0 bridgehead atoms. The van der Waals surface area contributed by atoms with Crippen molar-refractivity contribution in [3.63, 3.8) is 0 Å². The van der Waals surface area contributed by atoms with Crippen molar-refractivity contribution in [3.05, 3.63) is 29.8 Å². The van der Waals surface area contributed by atoms with Crippen molar-refractivity contribution in [1.82, 2.24) is 0 Å². The van der Waals surface area contributed by atoms with Crippen LogP contribution in [0.1, 0.15) is 24.7 Å². The molecule has 2 atom stereocenters. The number of rotatable bonds is 3. The Morgan fingerprint density at radius 1 is 1.40 bits per heavy atom. The summed E-state index contributed by atoms with van der Waals surface area (Å²) in [6, 6.07) is 6.52. The van der Waals surface area contributed by atoms with E-state index in [0.717, 1.165) is 5.56 Å². The van der Waals surface area contributed by atoms with Gasteiger partial charge in [0.15, 0.2) is 11.1 Å². The molecule has 1 aromatic carbocycles. The summed E-state index contributed by atoms with van der Waals surface area (Å²) in [5.74, 6) is 0.0451. The number of carbonyl (C=O) groups is 1. The fourth-order valence-corrected chi connectivity index (χ4v) is 1.48. The molecule has 0 aromatic heterocycles. The van der Waals surface area contributed by atoms with Crippen LogP contribution in [0.15, 0.2) is 24.3 Å². The van der Waals surface area contributed by atoms with Crippen molar-refractivity contribution in [2.24, 2.45) is 0 Å². The predicted molar refractivity (Wildman–Crippen MR) is 56.9 cm³/mol. The van der Waals surface area contributed by atoms with Crippen LogP contribution in [0.4, 0.5) is 0 Å². The third-order valence-corrected chi connectivity index (χ3v) is 2.79. The topological polar surface area (TPSA) is 63.6 Å². The summed E-state index contributed by atoms with van der Waals surface area (Å²) in [5.41, 5.74) is 0.728. The van der Waals surface area contributed by atoms with Crippen LogP contribution < -0.4 is 4.74 Å². The van der Waals surface area contributed by atoms with Gasteiger partial charge < -0.3 is 9.29 Å². The number of benzene rings is 1. The number of hydrogen-bond donors (Lipinski definition) is 1. The van der Waals surface area contributed by atoms with E-state index in [-0.39, 0.29) is 5.97 Å². The minimum absolute atomic E-state index is 0.387. The molecule has 1 rings (SSSR count). The van der Waals surface area contributed by atoms with Gasteiger partial charge in [-0.05, 0) is 24.6 Å². The Balaban J connectivity index is 2.80. The maximum Gasteiger partial charge on any atom is 0.308 e. The van der Waals surface area contributed by atoms with Crippen molar-refractivity contribution in [1.29, 1.82) is 0 Å². The average Bonchev–Trinajstić information content (AvgIpc) is 2.17. The van der Waals surface area contributed by atoms with E-state index in [1.807, 2.05) is 0 Å². The summed E-state index contributed by atoms with van der Waals surface area (Å²) >= 11 is -1.89. The Morgan fingerprint density at radius 2 is 1.93 bits per heavy atom. The Labute approximate surface area is 90.5 Å². The van der Waals surface area contributed by atoms with Crippen LogP contribution in [-0.2, 0) is 15.9 Å². The van der Waals surface area contributed by atoms with Crippen LogP contribution >= 0.6 is 0 Å². The first kappa shape index (κ1) is 11.9. The van der Waals surface area contributed by atoms with Crippen LogP contribution in [0, 0.1) is 0 Å². The van der Waals surface area contributed by atoms with Crippen LogP contribution in [-0.4, -0.2) is 14.7 Å². The molecule has 0 aliphatic heterocycles. The van der Waals surface area contributed by atoms with Crippen LogP contribution in [0.3, 0.4) is 0 Å². The highest BCUT2D eigenvalue weighted by atomic mass is 32.2. The van der Waals surface area contributed by atoms with Gasteiger partial charge in [0, 0.05) is 6.92 Å². The average molecular weight is 228 g/mol. The maximum absolute atomic E-state index is 10.8. The minimum Gasteiger partial charge on any atom is -0.427 e. The highest BCUT2D eigenvalue weighted by Crippen LogP contribution is 2.21. The van der Waals surface area contributed by atoms with Gasteiger partial charge in [-0.1, -0.05) is 12.1 Å². The molecular formula is C10H12O4S. The molecule has 2 unspecified atom stereocenters. The lowest BCUT2D eigenvalue weighted by Gasteiger charge is -2.07. The lowest BCUT2D eigenvalue weighted by molar-refractivity contribution is -0.131. The van der Waals surface area contributed by atoms with Crippen LogP contribution in [0.5, 0.6) is 5.75 Å². The molecule has 1 aromatic rings. The zero-order chi connectivity index (χ0) is 11.4. The molecule has 15 heavy (non-hydrogen) atoms. The summed E-state index contributed by atoms with van der Waals surface area (Å²) in [6.45, 7) is 2.97. The standard InChI is InChI=1S/C10H12O4S/c1-7(15(12)13)9-3-5-10(6-4-9)14-8(2)11/h3-7H,1-2H3,(H,12,13). The molecule has 82 valence electrons. The van der Waals surface area contributed by atoms with Crippen molar-refractivity contribution in [2.45, 2.75) is 19.1 Å². The minimum atomic E-state index is -1.89. The van der Waals surface area contributed by atoms with Crippen LogP contribution in [0.25, 0.3) is 0 Å². The van der Waals surface area contributed by atoms with E-state index in [2.05, 4.69) is 0 Å². The highest BCUT2D eigenvalue weighted by Gasteiger charge is 2.11. The number of carbonyl (C=O) groups excluding carboxylic acids is 1. The van der Waals surface area contributed by atoms with Gasteiger partial charge in [-0.2, -0.15) is 0 Å². The van der Waals surface area contributed by atoms with Gasteiger partial charge in [-0.15, -0.1) is 0 Å². The lowest BCUT2D eigenvalue weighted by Crippen LogP contribution is -2.03. The largest absolute Gasteiger partial charge is 0.427 e. The highest BCUT2D eigenvalue weighted by molar-refractivity contribution is 7.79. The van der Waals surface area contributed by atoms with E-state index in [1.165, 1.54) is 6.92 Å². The molecular weight excluding hydrogens is 216 g/mol. The Morgan fingerprint density at radius 3 is 2.33 bits per heavy atom. The molecule has 0 fully saturated rings. The Bertz CT molecular complexity index is 372. The number of hydrogen-bond acceptors (Lipinski definition) is 3. The first-order chi connectivity index (χ1) is 7.00. The van der Waals surface area contributed by atoms with E-state index in [0.29, 0.717) is 5.75 Å². The fourth-order valence-electron chi connectivity index (χ4n) is 1.09. The fraction of sp³-hybridized carbons (Fsp3) is 0.300. The number of esters is 1. The summed E-state index contributed by atoms with van der Waals surface area (Å²) in [6.07, 6.45) is 0. The van der Waals surface area contributed by atoms with Crippen molar-refractivity contribution < 1.29 is 18.3 Å². The normalized spacial score (nSPS) is 14.3. The molecule has 0 aliphatic carbocycles. The molecule has 0 saturated heterocycles. The smallest absolute Gasteiger partial charge is 0.308 e. The summed E-state index contributed by atoms with van der Waals surface area (Å²) in [5, 5.41) is -0.448. The van der Waals surface area contributed by atoms with E-state index in [9.17, 15) is 9.00 Å². The van der Waals surface area contributed by atoms with Gasteiger partial charge in [0.25, 0.3) is 0 Å². The molecule has 0 heterocycles. The van der Waals surface area contributed by atoms with E-state index in [4.69, 9.17) is 9.29 Å². The molecule has 5 heteroatoms.